The van der Waals surface area contributed by atoms with E-state index in [2.05, 4.69) is 33.9 Å². The summed E-state index contributed by atoms with van der Waals surface area (Å²) in [7, 11) is -2.16. The van der Waals surface area contributed by atoms with Gasteiger partial charge in [-0.25, -0.2) is 4.39 Å². The van der Waals surface area contributed by atoms with Gasteiger partial charge in [0.05, 0.1) is 11.6 Å². The van der Waals surface area contributed by atoms with Crippen molar-refractivity contribution in [2.75, 3.05) is 6.61 Å². The molecule has 0 spiro atoms. The van der Waals surface area contributed by atoms with Gasteiger partial charge in [0.2, 0.25) is 0 Å². The number of nitrogens with zero attached hydrogens (tertiary/aromatic N) is 1. The molecule has 0 N–H and O–H groups in total. The summed E-state index contributed by atoms with van der Waals surface area (Å²) in [4.78, 5) is 6.02. The van der Waals surface area contributed by atoms with Crippen molar-refractivity contribution in [3.8, 4) is 0 Å². The highest BCUT2D eigenvalue weighted by Gasteiger charge is 2.57. The van der Waals surface area contributed by atoms with Crippen LogP contribution in [0.4, 0.5) is 4.39 Å². The van der Waals surface area contributed by atoms with Crippen molar-refractivity contribution in [1.82, 2.24) is 5.06 Å². The van der Waals surface area contributed by atoms with E-state index in [0.717, 1.165) is 5.56 Å². The molecule has 1 saturated heterocycles. The number of benzene rings is 1. The first-order valence-electron chi connectivity index (χ1n) is 10.7. The minimum absolute atomic E-state index is 0.00408. The fourth-order valence-electron chi connectivity index (χ4n) is 3.55. The Bertz CT molecular complexity index is 658. The Morgan fingerprint density at radius 3 is 2.21 bits per heavy atom. The van der Waals surface area contributed by atoms with E-state index in [4.69, 9.17) is 14.0 Å². The van der Waals surface area contributed by atoms with Gasteiger partial charge in [0.25, 0.3) is 0 Å². The van der Waals surface area contributed by atoms with Crippen LogP contribution < -0.4 is 0 Å². The van der Waals surface area contributed by atoms with Crippen LogP contribution in [-0.4, -0.2) is 43.6 Å². The van der Waals surface area contributed by atoms with Crippen LogP contribution in [0.25, 0.3) is 0 Å². The van der Waals surface area contributed by atoms with Crippen molar-refractivity contribution < 1.29 is 18.4 Å². The van der Waals surface area contributed by atoms with E-state index in [1.165, 1.54) is 0 Å². The summed E-state index contributed by atoms with van der Waals surface area (Å²) in [5.41, 5.74) is -1.53. The van der Waals surface area contributed by atoms with Crippen LogP contribution in [0.15, 0.2) is 30.3 Å². The van der Waals surface area contributed by atoms with Crippen LogP contribution in [0.2, 0.25) is 18.1 Å². The molecule has 1 unspecified atom stereocenters. The molecule has 0 saturated carbocycles. The third-order valence-electron chi connectivity index (χ3n) is 6.67. The van der Waals surface area contributed by atoms with Gasteiger partial charge in [-0.1, -0.05) is 51.1 Å². The molecule has 1 aliphatic rings. The first kappa shape index (κ1) is 24.5. The lowest BCUT2D eigenvalue weighted by Crippen LogP contribution is -2.62. The van der Waals surface area contributed by atoms with Crippen molar-refractivity contribution in [2.24, 2.45) is 0 Å². The van der Waals surface area contributed by atoms with Gasteiger partial charge in [-0.3, -0.25) is 4.84 Å². The molecule has 4 nitrogen and oxygen atoms in total. The molecule has 3 atom stereocenters. The van der Waals surface area contributed by atoms with Gasteiger partial charge < -0.3 is 9.16 Å². The number of rotatable bonds is 8. The molecule has 166 valence electrons. The molecular formula is C23H40FNO3Si. The zero-order chi connectivity index (χ0) is 22.1. The van der Waals surface area contributed by atoms with Gasteiger partial charge in [-0.2, -0.15) is 5.06 Å². The van der Waals surface area contributed by atoms with Crippen molar-refractivity contribution in [2.45, 2.75) is 103 Å². The third-order valence-corrected chi connectivity index (χ3v) is 11.3. The molecule has 0 bridgehead atoms. The number of hydroxylamine groups is 2. The molecule has 1 aromatic rings. The summed E-state index contributed by atoms with van der Waals surface area (Å²) in [6, 6.07) is 9.53. The van der Waals surface area contributed by atoms with Gasteiger partial charge in [0.15, 0.2) is 20.3 Å². The maximum atomic E-state index is 16.6. The lowest BCUT2D eigenvalue weighted by atomic mass is 9.81. The van der Waals surface area contributed by atoms with Crippen molar-refractivity contribution in [3.05, 3.63) is 35.9 Å². The maximum Gasteiger partial charge on any atom is 0.192 e. The summed E-state index contributed by atoms with van der Waals surface area (Å²) in [6.45, 7) is 19.2. The second-order valence-corrected chi connectivity index (χ2v) is 15.0. The highest BCUT2D eigenvalue weighted by atomic mass is 28.4. The fraction of sp³-hybridized carbons (Fsp3) is 0.739. The monoisotopic (exact) mass is 425 g/mol. The average molecular weight is 426 g/mol. The summed E-state index contributed by atoms with van der Waals surface area (Å²) in [5.74, 6) is 0. The third kappa shape index (κ3) is 5.47. The topological polar surface area (TPSA) is 30.9 Å². The van der Waals surface area contributed by atoms with E-state index >= 15 is 4.39 Å². The van der Waals surface area contributed by atoms with E-state index in [-0.39, 0.29) is 5.04 Å². The first-order valence-corrected chi connectivity index (χ1v) is 13.6. The molecule has 29 heavy (non-hydrogen) atoms. The van der Waals surface area contributed by atoms with Crippen molar-refractivity contribution >= 4 is 8.32 Å². The maximum absolute atomic E-state index is 16.6. The Kier molecular flexibility index (Phi) is 7.39. The van der Waals surface area contributed by atoms with Crippen LogP contribution in [0.5, 0.6) is 0 Å². The molecule has 1 aromatic carbocycles. The lowest BCUT2D eigenvalue weighted by Gasteiger charge is -2.49. The zero-order valence-corrected chi connectivity index (χ0v) is 20.7. The standard InChI is InChI=1S/C23H40FNO3Si/c1-10-26-20-16-19(25(27-20)17-18-14-12-11-13-15-18)23(7,24)22(5,6)28-29(8,9)21(2,3)4/h11-15,19-20H,10,16-17H2,1-9H3/t19-,20?,23-/m1/s1. The van der Waals surface area contributed by atoms with Crippen LogP contribution in [0.3, 0.4) is 0 Å². The lowest BCUT2D eigenvalue weighted by molar-refractivity contribution is -0.256. The highest BCUT2D eigenvalue weighted by Crippen LogP contribution is 2.46. The number of hydrogen-bond acceptors (Lipinski definition) is 4. The van der Waals surface area contributed by atoms with Crippen LogP contribution in [-0.2, 0) is 20.5 Å². The van der Waals surface area contributed by atoms with Crippen molar-refractivity contribution in [1.29, 1.82) is 0 Å². The SMILES string of the molecule is CCOC1C[C@H]([C@@](C)(F)C(C)(C)O[Si](C)(C)C(C)(C)C)N(Cc2ccccc2)O1. The van der Waals surface area contributed by atoms with Crippen molar-refractivity contribution in [3.63, 3.8) is 0 Å². The Hall–Kier alpha value is -0.793. The number of ether oxygens (including phenoxy) is 1. The summed E-state index contributed by atoms with van der Waals surface area (Å²) in [6.07, 6.45) is 0.0327. The molecule has 2 rings (SSSR count). The average Bonchev–Trinajstić information content (AvgIpc) is 2.97. The van der Waals surface area contributed by atoms with Crippen LogP contribution >= 0.6 is 0 Å². The van der Waals surface area contributed by atoms with Gasteiger partial charge >= 0.3 is 0 Å². The summed E-state index contributed by atoms with van der Waals surface area (Å²) in [5, 5.41) is 1.76. The molecule has 0 radical (unpaired) electrons. The molecule has 1 heterocycles. The molecule has 1 fully saturated rings. The second-order valence-electron chi connectivity index (χ2n) is 10.3. The second kappa shape index (κ2) is 8.75. The summed E-state index contributed by atoms with van der Waals surface area (Å²) >= 11 is 0. The first-order chi connectivity index (χ1) is 13.2. The molecule has 0 amide bonds. The number of halogens is 1. The highest BCUT2D eigenvalue weighted by molar-refractivity contribution is 6.74. The van der Waals surface area contributed by atoms with E-state index < -0.39 is 31.9 Å². The van der Waals surface area contributed by atoms with E-state index in [1.807, 2.05) is 51.1 Å². The normalized spacial score (nSPS) is 23.9. The van der Waals surface area contributed by atoms with Gasteiger partial charge in [0, 0.05) is 19.6 Å². The Labute approximate surface area is 177 Å². The van der Waals surface area contributed by atoms with Gasteiger partial charge in [-0.05, 0) is 51.4 Å². The number of alkyl halides is 1. The largest absolute Gasteiger partial charge is 0.409 e. The smallest absolute Gasteiger partial charge is 0.192 e. The van der Waals surface area contributed by atoms with E-state index in [1.54, 1.807) is 12.0 Å². The Morgan fingerprint density at radius 2 is 1.69 bits per heavy atom. The molecule has 6 heteroatoms. The number of hydrogen-bond donors (Lipinski definition) is 0. The molecule has 1 aliphatic heterocycles. The molecule has 0 aromatic heterocycles. The zero-order valence-electron chi connectivity index (χ0n) is 19.7. The van der Waals surface area contributed by atoms with Gasteiger partial charge in [-0.15, -0.1) is 0 Å². The molecular weight excluding hydrogens is 385 g/mol. The Morgan fingerprint density at radius 1 is 1.10 bits per heavy atom. The van der Waals surface area contributed by atoms with E-state index in [9.17, 15) is 0 Å². The fourth-order valence-corrected chi connectivity index (χ4v) is 5.33. The van der Waals surface area contributed by atoms with Crippen LogP contribution in [0.1, 0.15) is 60.5 Å². The van der Waals surface area contributed by atoms with Gasteiger partial charge in [0.1, 0.15) is 0 Å². The Balaban J connectivity index is 2.29. The van der Waals surface area contributed by atoms with Crippen LogP contribution in [0, 0.1) is 0 Å². The van der Waals surface area contributed by atoms with E-state index in [0.29, 0.717) is 19.6 Å². The predicted octanol–water partition coefficient (Wildman–Crippen LogP) is 6.08. The predicted molar refractivity (Wildman–Crippen MR) is 119 cm³/mol. The minimum Gasteiger partial charge on any atom is -0.409 e. The quantitative estimate of drug-likeness (QED) is 0.472. The molecule has 0 aliphatic carbocycles. The summed E-state index contributed by atoms with van der Waals surface area (Å²) < 4.78 is 28.9. The minimum atomic E-state index is -2.16.